The normalized spacial score (nSPS) is 11.0. The average molecular weight is 362 g/mol. The molecule has 0 radical (unpaired) electrons. The predicted molar refractivity (Wildman–Crippen MR) is 98.6 cm³/mol. The van der Waals surface area contributed by atoms with E-state index in [0.717, 1.165) is 5.75 Å². The molecule has 0 spiro atoms. The van der Waals surface area contributed by atoms with Crippen LogP contribution in [-0.4, -0.2) is 40.3 Å². The first-order valence-electron chi connectivity index (χ1n) is 7.97. The van der Waals surface area contributed by atoms with Gasteiger partial charge in [-0.3, -0.25) is 9.10 Å². The van der Waals surface area contributed by atoms with Crippen molar-refractivity contribution in [2.75, 3.05) is 30.3 Å². The molecule has 0 saturated heterocycles. The van der Waals surface area contributed by atoms with E-state index in [9.17, 15) is 13.2 Å². The third-order valence-corrected chi connectivity index (χ3v) is 5.45. The lowest BCUT2D eigenvalue weighted by Crippen LogP contribution is -2.29. The van der Waals surface area contributed by atoms with E-state index in [2.05, 4.69) is 5.32 Å². The summed E-state index contributed by atoms with van der Waals surface area (Å²) in [5.74, 6) is 0.540. The Morgan fingerprint density at radius 2 is 1.72 bits per heavy atom. The van der Waals surface area contributed by atoms with Crippen molar-refractivity contribution < 1.29 is 17.9 Å². The lowest BCUT2D eigenvalue weighted by molar-refractivity contribution is 0.0947. The van der Waals surface area contributed by atoms with Gasteiger partial charge in [-0.2, -0.15) is 0 Å². The molecule has 0 heterocycles. The van der Waals surface area contributed by atoms with E-state index in [1.54, 1.807) is 31.2 Å². The summed E-state index contributed by atoms with van der Waals surface area (Å²) >= 11 is 0. The number of hydrogen-bond acceptors (Lipinski definition) is 4. The molecule has 7 heteroatoms. The standard InChI is InChI=1S/C18H22N2O4S/c1-3-25(22,23)20(2)16-11-9-15(10-12-16)18(21)19-13-14-24-17-7-5-4-6-8-17/h4-12H,3,13-14H2,1-2H3,(H,19,21). The summed E-state index contributed by atoms with van der Waals surface area (Å²) in [6, 6.07) is 15.8. The van der Waals surface area contributed by atoms with Crippen molar-refractivity contribution in [3.8, 4) is 5.75 Å². The second-order valence-corrected chi connectivity index (χ2v) is 7.62. The minimum atomic E-state index is -3.31. The van der Waals surface area contributed by atoms with Crippen LogP contribution in [0.4, 0.5) is 5.69 Å². The number of nitrogens with one attached hydrogen (secondary N) is 1. The van der Waals surface area contributed by atoms with Crippen molar-refractivity contribution in [3.63, 3.8) is 0 Å². The molecule has 0 aliphatic rings. The van der Waals surface area contributed by atoms with Gasteiger partial charge >= 0.3 is 0 Å². The topological polar surface area (TPSA) is 75.7 Å². The van der Waals surface area contributed by atoms with Gasteiger partial charge in [0.2, 0.25) is 10.0 Å². The molecule has 0 aromatic heterocycles. The number of carbonyl (C=O) groups excluding carboxylic acids is 1. The number of amides is 1. The van der Waals surface area contributed by atoms with Gasteiger partial charge in [-0.05, 0) is 43.3 Å². The lowest BCUT2D eigenvalue weighted by Gasteiger charge is -2.18. The third kappa shape index (κ3) is 5.22. The fourth-order valence-corrected chi connectivity index (χ4v) is 2.96. The minimum absolute atomic E-state index is 0.0210. The molecule has 6 nitrogen and oxygen atoms in total. The first-order valence-corrected chi connectivity index (χ1v) is 9.57. The Morgan fingerprint density at radius 1 is 1.08 bits per heavy atom. The summed E-state index contributed by atoms with van der Waals surface area (Å²) in [5, 5.41) is 2.76. The Labute approximate surface area is 148 Å². The lowest BCUT2D eigenvalue weighted by atomic mass is 10.2. The molecule has 2 aromatic carbocycles. The van der Waals surface area contributed by atoms with Crippen molar-refractivity contribution >= 4 is 21.6 Å². The zero-order valence-electron chi connectivity index (χ0n) is 14.3. The van der Waals surface area contributed by atoms with E-state index in [1.807, 2.05) is 30.3 Å². The minimum Gasteiger partial charge on any atom is -0.492 e. The van der Waals surface area contributed by atoms with Crippen LogP contribution in [0.15, 0.2) is 54.6 Å². The predicted octanol–water partition coefficient (Wildman–Crippen LogP) is 2.28. The Morgan fingerprint density at radius 3 is 2.32 bits per heavy atom. The van der Waals surface area contributed by atoms with Crippen LogP contribution in [0.5, 0.6) is 5.75 Å². The van der Waals surface area contributed by atoms with Gasteiger partial charge in [0.1, 0.15) is 12.4 Å². The molecule has 0 saturated carbocycles. The van der Waals surface area contributed by atoms with Crippen molar-refractivity contribution in [3.05, 3.63) is 60.2 Å². The second kappa shape index (κ2) is 8.53. The van der Waals surface area contributed by atoms with Crippen LogP contribution in [0.2, 0.25) is 0 Å². The summed E-state index contributed by atoms with van der Waals surface area (Å²) in [6.45, 7) is 2.33. The quantitative estimate of drug-likeness (QED) is 0.731. The molecule has 0 fully saturated rings. The number of sulfonamides is 1. The summed E-state index contributed by atoms with van der Waals surface area (Å²) in [7, 11) is -1.82. The van der Waals surface area contributed by atoms with Crippen molar-refractivity contribution in [2.45, 2.75) is 6.92 Å². The number of carbonyl (C=O) groups is 1. The molecule has 0 unspecified atom stereocenters. The van der Waals surface area contributed by atoms with Gasteiger partial charge in [0, 0.05) is 12.6 Å². The highest BCUT2D eigenvalue weighted by atomic mass is 32.2. The number of ether oxygens (including phenoxy) is 1. The zero-order chi connectivity index (χ0) is 18.3. The van der Waals surface area contributed by atoms with Gasteiger partial charge in [0.05, 0.1) is 18.0 Å². The van der Waals surface area contributed by atoms with E-state index in [0.29, 0.717) is 24.4 Å². The van der Waals surface area contributed by atoms with Gasteiger partial charge in [0.15, 0.2) is 0 Å². The van der Waals surface area contributed by atoms with Crippen molar-refractivity contribution in [1.29, 1.82) is 0 Å². The first kappa shape index (κ1) is 18.8. The molecule has 134 valence electrons. The molecular weight excluding hydrogens is 340 g/mol. The Bertz CT molecular complexity index is 790. The van der Waals surface area contributed by atoms with E-state index in [-0.39, 0.29) is 11.7 Å². The summed E-state index contributed by atoms with van der Waals surface area (Å²) in [5.41, 5.74) is 0.983. The van der Waals surface area contributed by atoms with E-state index < -0.39 is 10.0 Å². The van der Waals surface area contributed by atoms with Crippen LogP contribution in [0.25, 0.3) is 0 Å². The van der Waals surface area contributed by atoms with Crippen LogP contribution >= 0.6 is 0 Å². The maximum absolute atomic E-state index is 12.1. The van der Waals surface area contributed by atoms with Crippen LogP contribution in [0, 0.1) is 0 Å². The molecule has 0 atom stereocenters. The number of para-hydroxylation sites is 1. The zero-order valence-corrected chi connectivity index (χ0v) is 15.1. The second-order valence-electron chi connectivity index (χ2n) is 5.33. The van der Waals surface area contributed by atoms with Crippen LogP contribution in [-0.2, 0) is 10.0 Å². The van der Waals surface area contributed by atoms with Gasteiger partial charge < -0.3 is 10.1 Å². The largest absolute Gasteiger partial charge is 0.492 e. The van der Waals surface area contributed by atoms with Gasteiger partial charge in [-0.1, -0.05) is 18.2 Å². The molecule has 25 heavy (non-hydrogen) atoms. The number of rotatable bonds is 8. The fraction of sp³-hybridized carbons (Fsp3) is 0.278. The SMILES string of the molecule is CCS(=O)(=O)N(C)c1ccc(C(=O)NCCOc2ccccc2)cc1. The summed E-state index contributed by atoms with van der Waals surface area (Å²) < 4.78 is 30.4. The molecule has 2 aromatic rings. The highest BCUT2D eigenvalue weighted by Crippen LogP contribution is 2.17. The van der Waals surface area contributed by atoms with Crippen molar-refractivity contribution in [2.24, 2.45) is 0 Å². The van der Waals surface area contributed by atoms with Crippen molar-refractivity contribution in [1.82, 2.24) is 5.32 Å². The Kier molecular flexibility index (Phi) is 6.41. The van der Waals surface area contributed by atoms with E-state index >= 15 is 0 Å². The van der Waals surface area contributed by atoms with Crippen LogP contribution in [0.3, 0.4) is 0 Å². The average Bonchev–Trinajstić information content (AvgIpc) is 2.65. The van der Waals surface area contributed by atoms with Crippen LogP contribution in [0.1, 0.15) is 17.3 Å². The molecule has 2 rings (SSSR count). The third-order valence-electron chi connectivity index (χ3n) is 3.67. The summed E-state index contributed by atoms with van der Waals surface area (Å²) in [4.78, 5) is 12.1. The molecular formula is C18H22N2O4S. The number of anilines is 1. The maximum atomic E-state index is 12.1. The van der Waals surface area contributed by atoms with Gasteiger partial charge in [-0.25, -0.2) is 8.42 Å². The van der Waals surface area contributed by atoms with E-state index in [1.165, 1.54) is 11.4 Å². The molecule has 0 aliphatic carbocycles. The Hall–Kier alpha value is -2.54. The smallest absolute Gasteiger partial charge is 0.251 e. The number of benzene rings is 2. The van der Waals surface area contributed by atoms with Gasteiger partial charge in [0.25, 0.3) is 5.91 Å². The molecule has 0 aliphatic heterocycles. The fourth-order valence-electron chi connectivity index (χ4n) is 2.13. The number of hydrogen-bond donors (Lipinski definition) is 1. The van der Waals surface area contributed by atoms with Gasteiger partial charge in [-0.15, -0.1) is 0 Å². The highest BCUT2D eigenvalue weighted by molar-refractivity contribution is 7.92. The summed E-state index contributed by atoms with van der Waals surface area (Å²) in [6.07, 6.45) is 0. The van der Waals surface area contributed by atoms with E-state index in [4.69, 9.17) is 4.74 Å². The first-order chi connectivity index (χ1) is 11.9. The van der Waals surface area contributed by atoms with Crippen LogP contribution < -0.4 is 14.4 Å². The molecule has 0 bridgehead atoms. The Balaban J connectivity index is 1.86. The monoisotopic (exact) mass is 362 g/mol. The molecule has 1 N–H and O–H groups in total. The molecule has 1 amide bonds. The highest BCUT2D eigenvalue weighted by Gasteiger charge is 2.16. The maximum Gasteiger partial charge on any atom is 0.251 e. The number of nitrogens with zero attached hydrogens (tertiary/aromatic N) is 1.